The third kappa shape index (κ3) is 3.65. The molecular weight excluding hydrogens is 309 g/mol. The van der Waals surface area contributed by atoms with E-state index in [2.05, 4.69) is 15.5 Å². The van der Waals surface area contributed by atoms with Crippen LogP contribution in [0.1, 0.15) is 17.2 Å². The molecule has 0 fully saturated rings. The molecule has 1 aliphatic rings. The van der Waals surface area contributed by atoms with Gasteiger partial charge in [0.15, 0.2) is 0 Å². The number of rotatable bonds is 4. The lowest BCUT2D eigenvalue weighted by Gasteiger charge is -2.16. The molecule has 0 aliphatic carbocycles. The van der Waals surface area contributed by atoms with Crippen molar-refractivity contribution in [2.75, 3.05) is 30.4 Å². The van der Waals surface area contributed by atoms with E-state index in [1.54, 1.807) is 0 Å². The zero-order valence-electron chi connectivity index (χ0n) is 13.4. The van der Waals surface area contributed by atoms with E-state index in [0.29, 0.717) is 5.69 Å². The van der Waals surface area contributed by atoms with Crippen molar-refractivity contribution >= 4 is 17.4 Å². The first kappa shape index (κ1) is 16.3. The number of hydrogen-bond donors (Lipinski definition) is 3. The number of aliphatic hydroxyl groups excluding tert-OH is 1. The molecular formula is C18H20FN3O2. The molecule has 0 saturated carbocycles. The number of hydrogen-bond acceptors (Lipinski definition) is 3. The molecule has 5 nitrogen and oxygen atoms in total. The van der Waals surface area contributed by atoms with Crippen LogP contribution in [-0.2, 0) is 6.42 Å². The second-order valence-electron chi connectivity index (χ2n) is 5.92. The van der Waals surface area contributed by atoms with Crippen LogP contribution >= 0.6 is 0 Å². The number of fused-ring (bicyclic) bond motifs is 1. The van der Waals surface area contributed by atoms with Crippen LogP contribution in [0.4, 0.5) is 20.6 Å². The van der Waals surface area contributed by atoms with Gasteiger partial charge < -0.3 is 20.6 Å². The van der Waals surface area contributed by atoms with Gasteiger partial charge in [-0.1, -0.05) is 12.1 Å². The molecule has 2 aromatic rings. The van der Waals surface area contributed by atoms with E-state index in [1.165, 1.54) is 35.5 Å². The van der Waals surface area contributed by atoms with Crippen LogP contribution in [-0.4, -0.2) is 31.3 Å². The molecule has 0 aromatic heterocycles. The van der Waals surface area contributed by atoms with Gasteiger partial charge in [0.1, 0.15) is 5.82 Å². The summed E-state index contributed by atoms with van der Waals surface area (Å²) in [7, 11) is 2.04. The summed E-state index contributed by atoms with van der Waals surface area (Å²) in [5.74, 6) is -0.362. The van der Waals surface area contributed by atoms with Crippen LogP contribution in [0.2, 0.25) is 0 Å². The van der Waals surface area contributed by atoms with Gasteiger partial charge in [-0.25, -0.2) is 9.18 Å². The number of halogens is 1. The number of carbonyl (C=O) groups excluding carboxylic acids is 1. The maximum Gasteiger partial charge on any atom is 0.319 e. The lowest BCUT2D eigenvalue weighted by molar-refractivity contribution is 0.175. The Labute approximate surface area is 140 Å². The predicted molar refractivity (Wildman–Crippen MR) is 91.8 cm³/mol. The highest BCUT2D eigenvalue weighted by atomic mass is 19.1. The zero-order valence-corrected chi connectivity index (χ0v) is 13.4. The van der Waals surface area contributed by atoms with Gasteiger partial charge >= 0.3 is 6.03 Å². The number of anilines is 2. The number of carbonyl (C=O) groups is 1. The minimum atomic E-state index is -0.778. The van der Waals surface area contributed by atoms with Crippen LogP contribution in [0.3, 0.4) is 0 Å². The second-order valence-corrected chi connectivity index (χ2v) is 5.92. The molecule has 126 valence electrons. The summed E-state index contributed by atoms with van der Waals surface area (Å²) in [6, 6.07) is 10.9. The highest BCUT2D eigenvalue weighted by molar-refractivity contribution is 5.89. The molecule has 3 rings (SSSR count). The van der Waals surface area contributed by atoms with E-state index in [0.717, 1.165) is 18.5 Å². The SMILES string of the molecule is CN1CCc2cc(C(O)CNC(=O)Nc3ccc(F)cc3)ccc21. The number of likely N-dealkylation sites (N-methyl/N-ethyl adjacent to an activating group) is 1. The maximum absolute atomic E-state index is 12.8. The van der Waals surface area contributed by atoms with Crippen LogP contribution in [0.5, 0.6) is 0 Å². The molecule has 2 amide bonds. The number of benzene rings is 2. The van der Waals surface area contributed by atoms with Gasteiger partial charge in [0.2, 0.25) is 0 Å². The number of nitrogens with one attached hydrogen (secondary N) is 2. The van der Waals surface area contributed by atoms with Gasteiger partial charge in [-0.15, -0.1) is 0 Å². The highest BCUT2D eigenvalue weighted by Gasteiger charge is 2.18. The van der Waals surface area contributed by atoms with E-state index < -0.39 is 12.1 Å². The fraction of sp³-hybridized carbons (Fsp3) is 0.278. The molecule has 0 bridgehead atoms. The van der Waals surface area contributed by atoms with Crippen molar-refractivity contribution in [2.24, 2.45) is 0 Å². The molecule has 1 heterocycles. The largest absolute Gasteiger partial charge is 0.387 e. The second kappa shape index (κ2) is 6.88. The Morgan fingerprint density at radius 2 is 2.04 bits per heavy atom. The molecule has 1 unspecified atom stereocenters. The summed E-state index contributed by atoms with van der Waals surface area (Å²) in [5, 5.41) is 15.5. The Hall–Kier alpha value is -2.60. The van der Waals surface area contributed by atoms with E-state index in [-0.39, 0.29) is 12.4 Å². The summed E-state index contributed by atoms with van der Waals surface area (Å²) >= 11 is 0. The summed E-state index contributed by atoms with van der Waals surface area (Å²) in [6.07, 6.45) is 0.186. The van der Waals surface area contributed by atoms with Crippen molar-refractivity contribution in [2.45, 2.75) is 12.5 Å². The Balaban J connectivity index is 1.54. The molecule has 1 aliphatic heterocycles. The maximum atomic E-state index is 12.8. The molecule has 1 atom stereocenters. The van der Waals surface area contributed by atoms with Crippen LogP contribution in [0, 0.1) is 5.82 Å². The first-order valence-electron chi connectivity index (χ1n) is 7.85. The van der Waals surface area contributed by atoms with Crippen molar-refractivity contribution in [3.8, 4) is 0 Å². The fourth-order valence-corrected chi connectivity index (χ4v) is 2.81. The first-order valence-corrected chi connectivity index (χ1v) is 7.85. The van der Waals surface area contributed by atoms with Crippen LogP contribution < -0.4 is 15.5 Å². The lowest BCUT2D eigenvalue weighted by atomic mass is 10.0. The minimum absolute atomic E-state index is 0.0989. The Kier molecular flexibility index (Phi) is 4.66. The van der Waals surface area contributed by atoms with Crippen molar-refractivity contribution in [1.82, 2.24) is 5.32 Å². The Morgan fingerprint density at radius 1 is 1.29 bits per heavy atom. The highest BCUT2D eigenvalue weighted by Crippen LogP contribution is 2.29. The third-order valence-electron chi connectivity index (χ3n) is 4.17. The molecule has 0 radical (unpaired) electrons. The summed E-state index contributed by atoms with van der Waals surface area (Å²) in [5.41, 5.74) is 3.67. The van der Waals surface area contributed by atoms with Crippen LogP contribution in [0.25, 0.3) is 0 Å². The van der Waals surface area contributed by atoms with Crippen molar-refractivity contribution < 1.29 is 14.3 Å². The molecule has 24 heavy (non-hydrogen) atoms. The summed E-state index contributed by atoms with van der Waals surface area (Å²) < 4.78 is 12.8. The minimum Gasteiger partial charge on any atom is -0.387 e. The van der Waals surface area contributed by atoms with E-state index in [4.69, 9.17) is 0 Å². The Morgan fingerprint density at radius 3 is 2.79 bits per heavy atom. The summed E-state index contributed by atoms with van der Waals surface area (Å²) in [6.45, 7) is 1.08. The van der Waals surface area contributed by atoms with Crippen molar-refractivity contribution in [3.63, 3.8) is 0 Å². The number of urea groups is 1. The van der Waals surface area contributed by atoms with Gasteiger partial charge in [0.25, 0.3) is 0 Å². The molecule has 3 N–H and O–H groups in total. The molecule has 0 saturated heterocycles. The monoisotopic (exact) mass is 329 g/mol. The fourth-order valence-electron chi connectivity index (χ4n) is 2.81. The molecule has 2 aromatic carbocycles. The van der Waals surface area contributed by atoms with E-state index in [1.807, 2.05) is 25.2 Å². The van der Waals surface area contributed by atoms with Crippen LogP contribution in [0.15, 0.2) is 42.5 Å². The topological polar surface area (TPSA) is 64.6 Å². The number of amides is 2. The molecule has 6 heteroatoms. The predicted octanol–water partition coefficient (Wildman–Crippen LogP) is 2.67. The number of nitrogens with zero attached hydrogens (tertiary/aromatic N) is 1. The summed E-state index contributed by atoms with van der Waals surface area (Å²) in [4.78, 5) is 14.0. The van der Waals surface area contributed by atoms with Crippen molar-refractivity contribution in [1.29, 1.82) is 0 Å². The lowest BCUT2D eigenvalue weighted by Crippen LogP contribution is -2.32. The quantitative estimate of drug-likeness (QED) is 0.808. The van der Waals surface area contributed by atoms with Gasteiger partial charge in [-0.3, -0.25) is 0 Å². The van der Waals surface area contributed by atoms with Gasteiger partial charge in [-0.2, -0.15) is 0 Å². The normalized spacial score (nSPS) is 14.2. The average Bonchev–Trinajstić information content (AvgIpc) is 2.95. The van der Waals surface area contributed by atoms with Gasteiger partial charge in [-0.05, 0) is 47.9 Å². The smallest absolute Gasteiger partial charge is 0.319 e. The average molecular weight is 329 g/mol. The van der Waals surface area contributed by atoms with E-state index in [9.17, 15) is 14.3 Å². The zero-order chi connectivity index (χ0) is 17.1. The van der Waals surface area contributed by atoms with E-state index >= 15 is 0 Å². The van der Waals surface area contributed by atoms with Crippen molar-refractivity contribution in [3.05, 3.63) is 59.4 Å². The first-order chi connectivity index (χ1) is 11.5. The number of aliphatic hydroxyl groups is 1. The van der Waals surface area contributed by atoms with Gasteiger partial charge in [0.05, 0.1) is 6.10 Å². The standard InChI is InChI=1S/C18H20FN3O2/c1-22-9-8-12-10-13(2-7-16(12)22)17(23)11-20-18(24)21-15-5-3-14(19)4-6-15/h2-7,10,17,23H,8-9,11H2,1H3,(H2,20,21,24). The molecule has 0 spiro atoms. The Bertz CT molecular complexity index is 734. The van der Waals surface area contributed by atoms with Gasteiger partial charge in [0, 0.05) is 31.5 Å². The third-order valence-corrected chi connectivity index (χ3v) is 4.17.